The molecular weight excluding hydrogens is 423 g/mol. The molecule has 0 aliphatic carbocycles. The van der Waals surface area contributed by atoms with E-state index in [1.807, 2.05) is 0 Å². The topological polar surface area (TPSA) is 136 Å². The van der Waals surface area contributed by atoms with Crippen LogP contribution in [0.15, 0.2) is 41.3 Å². The number of cyclic esters (lactones) is 1. The van der Waals surface area contributed by atoms with Crippen LogP contribution in [-0.2, 0) is 21.4 Å². The van der Waals surface area contributed by atoms with E-state index >= 15 is 0 Å². The molecule has 1 saturated heterocycles. The molecule has 4 rings (SSSR count). The number of carbonyl (C=O) groups is 1. The van der Waals surface area contributed by atoms with Gasteiger partial charge in [-0.25, -0.2) is 13.2 Å². The average Bonchev–Trinajstić information content (AvgIpc) is 2.74. The molecule has 0 aromatic heterocycles. The first kappa shape index (κ1) is 21.1. The number of nitro groups is 1. The third-order valence-corrected chi connectivity index (χ3v) is 7.43. The molecular formula is C19H19BN4O6S. The number of hydrogen-bond acceptors (Lipinski definition) is 7. The summed E-state index contributed by atoms with van der Waals surface area (Å²) < 4.78 is 32.5. The first-order valence-corrected chi connectivity index (χ1v) is 11.0. The van der Waals surface area contributed by atoms with Gasteiger partial charge in [-0.1, -0.05) is 17.6 Å². The van der Waals surface area contributed by atoms with Crippen molar-refractivity contribution >= 4 is 46.5 Å². The molecule has 12 heteroatoms. The number of benzene rings is 2. The Bertz CT molecular complexity index is 1160. The van der Waals surface area contributed by atoms with Gasteiger partial charge in [-0.05, 0) is 31.0 Å². The quantitative estimate of drug-likeness (QED) is 0.326. The summed E-state index contributed by atoms with van der Waals surface area (Å²) in [6.45, 7) is 0.442. The molecule has 10 nitrogen and oxygen atoms in total. The molecule has 2 radical (unpaired) electrons. The highest BCUT2D eigenvalue weighted by molar-refractivity contribution is 7.89. The van der Waals surface area contributed by atoms with Crippen molar-refractivity contribution in [1.82, 2.24) is 4.31 Å². The molecule has 2 aliphatic rings. The molecule has 0 saturated carbocycles. The van der Waals surface area contributed by atoms with Crippen molar-refractivity contribution in [3.8, 4) is 0 Å². The number of nitro benzene ring substituents is 1. The van der Waals surface area contributed by atoms with E-state index in [9.17, 15) is 23.3 Å². The van der Waals surface area contributed by atoms with Crippen LogP contribution in [0.4, 0.5) is 21.9 Å². The highest BCUT2D eigenvalue weighted by atomic mass is 32.2. The fraction of sp³-hybridized carbons (Fsp3) is 0.316. The number of nitrogens with two attached hydrogens (primary N) is 1. The summed E-state index contributed by atoms with van der Waals surface area (Å²) in [6, 6.07) is 8.42. The number of carbonyl (C=O) groups excluding carboxylic acids is 1. The van der Waals surface area contributed by atoms with Gasteiger partial charge in [0.15, 0.2) is 0 Å². The van der Waals surface area contributed by atoms with Gasteiger partial charge in [0.05, 0.1) is 15.5 Å². The van der Waals surface area contributed by atoms with Crippen LogP contribution in [0.1, 0.15) is 18.4 Å². The van der Waals surface area contributed by atoms with E-state index in [4.69, 9.17) is 18.3 Å². The third kappa shape index (κ3) is 3.84. The van der Waals surface area contributed by atoms with Crippen LogP contribution in [0.2, 0.25) is 0 Å². The monoisotopic (exact) mass is 442 g/mol. The standard InChI is InChI=1S/C19H19BN4O6S/c20-13-1-4-17-12(9-13)11-30-19(25)23(17)14-5-7-22(8-6-14)31(28,29)15-2-3-16(21)18(10-15)24(26)27/h1-4,9-10,14H,5-8,11,21H2. The Labute approximate surface area is 180 Å². The Morgan fingerprint density at radius 3 is 2.55 bits per heavy atom. The predicted octanol–water partition coefficient (Wildman–Crippen LogP) is 1.28. The molecule has 0 atom stereocenters. The van der Waals surface area contributed by atoms with E-state index in [1.54, 1.807) is 23.1 Å². The van der Waals surface area contributed by atoms with Gasteiger partial charge in [-0.3, -0.25) is 15.0 Å². The second kappa shape index (κ2) is 7.86. The maximum Gasteiger partial charge on any atom is 0.414 e. The number of piperidine rings is 1. The molecule has 160 valence electrons. The minimum Gasteiger partial charge on any atom is -0.444 e. The van der Waals surface area contributed by atoms with Gasteiger partial charge in [0.25, 0.3) is 5.69 Å². The number of fused-ring (bicyclic) bond motifs is 1. The van der Waals surface area contributed by atoms with Crippen LogP contribution in [0.3, 0.4) is 0 Å². The van der Waals surface area contributed by atoms with Gasteiger partial charge < -0.3 is 10.5 Å². The number of sulfonamides is 1. The van der Waals surface area contributed by atoms with Crippen molar-refractivity contribution in [2.45, 2.75) is 30.4 Å². The number of nitrogens with zero attached hydrogens (tertiary/aromatic N) is 3. The van der Waals surface area contributed by atoms with E-state index in [-0.39, 0.29) is 36.3 Å². The molecule has 0 spiro atoms. The molecule has 1 amide bonds. The van der Waals surface area contributed by atoms with Gasteiger partial charge >= 0.3 is 6.09 Å². The van der Waals surface area contributed by atoms with Crippen molar-refractivity contribution in [1.29, 1.82) is 0 Å². The summed E-state index contributed by atoms with van der Waals surface area (Å²) in [5, 5.41) is 11.1. The number of anilines is 2. The number of ether oxygens (including phenoxy) is 1. The van der Waals surface area contributed by atoms with Crippen LogP contribution in [0, 0.1) is 10.1 Å². The highest BCUT2D eigenvalue weighted by Crippen LogP contribution is 2.33. The minimum atomic E-state index is -3.95. The first-order valence-electron chi connectivity index (χ1n) is 9.57. The van der Waals surface area contributed by atoms with Crippen LogP contribution < -0.4 is 16.1 Å². The summed E-state index contributed by atoms with van der Waals surface area (Å²) in [6.07, 6.45) is 0.289. The van der Waals surface area contributed by atoms with Crippen molar-refractivity contribution in [3.05, 3.63) is 52.1 Å². The van der Waals surface area contributed by atoms with Crippen molar-refractivity contribution in [2.75, 3.05) is 23.7 Å². The Morgan fingerprint density at radius 1 is 1.16 bits per heavy atom. The summed E-state index contributed by atoms with van der Waals surface area (Å²) in [5.41, 5.74) is 7.07. The molecule has 2 aliphatic heterocycles. The second-order valence-electron chi connectivity index (χ2n) is 7.43. The van der Waals surface area contributed by atoms with Gasteiger partial charge in [0, 0.05) is 30.8 Å². The fourth-order valence-corrected chi connectivity index (χ4v) is 5.43. The van der Waals surface area contributed by atoms with Crippen LogP contribution in [-0.4, -0.2) is 50.7 Å². The van der Waals surface area contributed by atoms with E-state index < -0.39 is 26.7 Å². The number of rotatable bonds is 4. The summed E-state index contributed by atoms with van der Waals surface area (Å²) >= 11 is 0. The Balaban J connectivity index is 1.53. The summed E-state index contributed by atoms with van der Waals surface area (Å²) in [5.74, 6) is 0. The van der Waals surface area contributed by atoms with Gasteiger partial charge in [-0.2, -0.15) is 4.31 Å². The third-order valence-electron chi connectivity index (χ3n) is 5.54. The normalized spacial score (nSPS) is 17.8. The summed E-state index contributed by atoms with van der Waals surface area (Å²) in [7, 11) is 1.87. The van der Waals surface area contributed by atoms with Crippen LogP contribution in [0.5, 0.6) is 0 Å². The lowest BCUT2D eigenvalue weighted by Crippen LogP contribution is -2.50. The van der Waals surface area contributed by atoms with Crippen molar-refractivity contribution in [3.63, 3.8) is 0 Å². The average molecular weight is 442 g/mol. The largest absolute Gasteiger partial charge is 0.444 e. The molecule has 0 unspecified atom stereocenters. The minimum absolute atomic E-state index is 0.106. The highest BCUT2D eigenvalue weighted by Gasteiger charge is 2.37. The van der Waals surface area contributed by atoms with Gasteiger partial charge in [0.2, 0.25) is 10.0 Å². The zero-order chi connectivity index (χ0) is 22.3. The molecule has 1 fully saturated rings. The van der Waals surface area contributed by atoms with Crippen LogP contribution >= 0.6 is 0 Å². The van der Waals surface area contributed by atoms with E-state index in [0.717, 1.165) is 11.6 Å². The molecule has 0 bridgehead atoms. The smallest absolute Gasteiger partial charge is 0.414 e. The zero-order valence-corrected chi connectivity index (χ0v) is 17.2. The van der Waals surface area contributed by atoms with Gasteiger partial charge in [-0.15, -0.1) is 0 Å². The lowest BCUT2D eigenvalue weighted by molar-refractivity contribution is -0.384. The zero-order valence-electron chi connectivity index (χ0n) is 16.4. The second-order valence-corrected chi connectivity index (χ2v) is 9.36. The Morgan fingerprint density at radius 2 is 1.87 bits per heavy atom. The molecule has 31 heavy (non-hydrogen) atoms. The first-order chi connectivity index (χ1) is 14.7. The van der Waals surface area contributed by atoms with Crippen LogP contribution in [0.25, 0.3) is 0 Å². The molecule has 2 aromatic rings. The van der Waals surface area contributed by atoms with E-state index in [1.165, 1.54) is 16.4 Å². The maximum atomic E-state index is 13.0. The molecule has 2 heterocycles. The van der Waals surface area contributed by atoms with E-state index in [2.05, 4.69) is 0 Å². The predicted molar refractivity (Wildman–Crippen MR) is 114 cm³/mol. The maximum absolute atomic E-state index is 13.0. The SMILES string of the molecule is [B]c1ccc2c(c1)COC(=O)N2C1CCN(S(=O)(=O)c2ccc(N)c([N+](=O)[O-])c2)CC1. The van der Waals surface area contributed by atoms with Gasteiger partial charge in [0.1, 0.15) is 20.1 Å². The lowest BCUT2D eigenvalue weighted by atomic mass is 9.92. The Hall–Kier alpha value is -3.12. The van der Waals surface area contributed by atoms with E-state index in [0.29, 0.717) is 24.0 Å². The number of amides is 1. The lowest BCUT2D eigenvalue weighted by Gasteiger charge is -2.39. The Kier molecular flexibility index (Phi) is 5.35. The number of hydrogen-bond donors (Lipinski definition) is 1. The fourth-order valence-electron chi connectivity index (χ4n) is 3.94. The van der Waals surface area contributed by atoms with Crippen molar-refractivity contribution < 1.29 is 22.9 Å². The number of nitrogen functional groups attached to an aromatic ring is 1. The van der Waals surface area contributed by atoms with Crippen molar-refractivity contribution in [2.24, 2.45) is 0 Å². The summed E-state index contributed by atoms with van der Waals surface area (Å²) in [4.78, 5) is 24.2. The molecule has 2 aromatic carbocycles. The molecule has 2 N–H and O–H groups in total.